The minimum atomic E-state index is 0.0548. The highest BCUT2D eigenvalue weighted by molar-refractivity contribution is 5.96. The summed E-state index contributed by atoms with van der Waals surface area (Å²) in [4.78, 5) is 4.14. The van der Waals surface area contributed by atoms with Gasteiger partial charge in [0.2, 0.25) is 0 Å². The van der Waals surface area contributed by atoms with Crippen molar-refractivity contribution < 1.29 is 5.21 Å². The van der Waals surface area contributed by atoms with Crippen molar-refractivity contribution in [2.45, 2.75) is 26.8 Å². The van der Waals surface area contributed by atoms with Crippen LogP contribution in [-0.2, 0) is 6.54 Å². The quantitative estimate of drug-likeness (QED) is 0.317. The van der Waals surface area contributed by atoms with Gasteiger partial charge in [0.05, 0.1) is 0 Å². The Morgan fingerprint density at radius 3 is 3.00 bits per heavy atom. The molecule has 1 aromatic heterocycles. The first kappa shape index (κ1) is 12.8. The third kappa shape index (κ3) is 2.79. The SMILES string of the molecule is CC1(C)CC1CNCc1cccnc1/C(N)=N/O. The van der Waals surface area contributed by atoms with E-state index in [1.54, 1.807) is 6.20 Å². The maximum absolute atomic E-state index is 8.71. The molecule has 0 aliphatic heterocycles. The Kier molecular flexibility index (Phi) is 3.52. The van der Waals surface area contributed by atoms with Gasteiger partial charge in [0.15, 0.2) is 5.84 Å². The number of pyridine rings is 1. The lowest BCUT2D eigenvalue weighted by atomic mass is 10.1. The van der Waals surface area contributed by atoms with Crippen LogP contribution in [0.5, 0.6) is 0 Å². The zero-order valence-electron chi connectivity index (χ0n) is 10.8. The fourth-order valence-electron chi connectivity index (χ4n) is 2.16. The van der Waals surface area contributed by atoms with Crippen LogP contribution in [0, 0.1) is 11.3 Å². The van der Waals surface area contributed by atoms with E-state index < -0.39 is 0 Å². The second-order valence-electron chi connectivity index (χ2n) is 5.52. The third-order valence-corrected chi connectivity index (χ3v) is 3.67. The Hall–Kier alpha value is -1.62. The first-order valence-corrected chi connectivity index (χ1v) is 6.17. The number of rotatable bonds is 5. The van der Waals surface area contributed by atoms with Crippen LogP contribution in [0.3, 0.4) is 0 Å². The zero-order valence-corrected chi connectivity index (χ0v) is 10.8. The Morgan fingerprint density at radius 1 is 1.67 bits per heavy atom. The van der Waals surface area contributed by atoms with Crippen LogP contribution < -0.4 is 11.1 Å². The van der Waals surface area contributed by atoms with Gasteiger partial charge >= 0.3 is 0 Å². The van der Waals surface area contributed by atoms with Gasteiger partial charge in [-0.25, -0.2) is 0 Å². The molecule has 18 heavy (non-hydrogen) atoms. The molecular weight excluding hydrogens is 228 g/mol. The molecule has 1 aliphatic carbocycles. The molecule has 1 fully saturated rings. The Balaban J connectivity index is 1.93. The predicted octanol–water partition coefficient (Wildman–Crippen LogP) is 1.31. The molecule has 0 radical (unpaired) electrons. The summed E-state index contributed by atoms with van der Waals surface area (Å²) in [6.45, 7) is 6.25. The summed E-state index contributed by atoms with van der Waals surface area (Å²) in [5.74, 6) is 0.806. The van der Waals surface area contributed by atoms with Crippen LogP contribution in [0.2, 0.25) is 0 Å². The smallest absolute Gasteiger partial charge is 0.189 e. The first-order chi connectivity index (χ1) is 8.54. The van der Waals surface area contributed by atoms with Gasteiger partial charge in [0.25, 0.3) is 0 Å². The summed E-state index contributed by atoms with van der Waals surface area (Å²) in [5.41, 5.74) is 7.57. The molecule has 1 atom stereocenters. The van der Waals surface area contributed by atoms with Crippen molar-refractivity contribution in [3.05, 3.63) is 29.6 Å². The van der Waals surface area contributed by atoms with E-state index in [2.05, 4.69) is 29.3 Å². The van der Waals surface area contributed by atoms with Crippen LogP contribution in [0.15, 0.2) is 23.5 Å². The highest BCUT2D eigenvalue weighted by atomic mass is 16.4. The number of aromatic nitrogens is 1. The van der Waals surface area contributed by atoms with Gasteiger partial charge in [-0.15, -0.1) is 0 Å². The third-order valence-electron chi connectivity index (χ3n) is 3.67. The Labute approximate surface area is 107 Å². The van der Waals surface area contributed by atoms with Crippen LogP contribution in [0.1, 0.15) is 31.5 Å². The van der Waals surface area contributed by atoms with Crippen molar-refractivity contribution in [2.75, 3.05) is 6.54 Å². The van der Waals surface area contributed by atoms with Gasteiger partial charge in [-0.1, -0.05) is 25.1 Å². The minimum Gasteiger partial charge on any atom is -0.409 e. The van der Waals surface area contributed by atoms with E-state index in [9.17, 15) is 0 Å². The molecule has 1 heterocycles. The van der Waals surface area contributed by atoms with Gasteiger partial charge in [-0.05, 0) is 35.9 Å². The van der Waals surface area contributed by atoms with Gasteiger partial charge < -0.3 is 16.3 Å². The summed E-state index contributed by atoms with van der Waals surface area (Å²) >= 11 is 0. The van der Waals surface area contributed by atoms with E-state index in [0.717, 1.165) is 18.0 Å². The van der Waals surface area contributed by atoms with Crippen LogP contribution in [0.25, 0.3) is 0 Å². The van der Waals surface area contributed by atoms with Gasteiger partial charge in [-0.2, -0.15) is 0 Å². The molecule has 0 amide bonds. The van der Waals surface area contributed by atoms with Gasteiger partial charge in [0, 0.05) is 12.7 Å². The minimum absolute atomic E-state index is 0.0548. The van der Waals surface area contributed by atoms with Gasteiger partial charge in [0.1, 0.15) is 5.69 Å². The largest absolute Gasteiger partial charge is 0.409 e. The van der Waals surface area contributed by atoms with Crippen LogP contribution in [-0.4, -0.2) is 22.6 Å². The molecule has 5 nitrogen and oxygen atoms in total. The highest BCUT2D eigenvalue weighted by Crippen LogP contribution is 2.50. The van der Waals surface area contributed by atoms with Crippen molar-refractivity contribution in [1.82, 2.24) is 10.3 Å². The molecule has 0 saturated heterocycles. The number of amidine groups is 1. The van der Waals surface area contributed by atoms with E-state index in [1.165, 1.54) is 6.42 Å². The average Bonchev–Trinajstić information content (AvgIpc) is 2.97. The number of hydrogen-bond donors (Lipinski definition) is 3. The summed E-state index contributed by atoms with van der Waals surface area (Å²) < 4.78 is 0. The summed E-state index contributed by atoms with van der Waals surface area (Å²) in [7, 11) is 0. The molecule has 0 bridgehead atoms. The highest BCUT2D eigenvalue weighted by Gasteiger charge is 2.44. The molecule has 1 saturated carbocycles. The van der Waals surface area contributed by atoms with E-state index in [0.29, 0.717) is 17.7 Å². The topological polar surface area (TPSA) is 83.5 Å². The lowest BCUT2D eigenvalue weighted by Gasteiger charge is -2.09. The van der Waals surface area contributed by atoms with E-state index in [1.807, 2.05) is 12.1 Å². The molecule has 2 rings (SSSR count). The molecule has 4 N–H and O–H groups in total. The molecule has 98 valence electrons. The number of nitrogens with two attached hydrogens (primary N) is 1. The number of hydrogen-bond acceptors (Lipinski definition) is 4. The fraction of sp³-hybridized carbons (Fsp3) is 0.538. The van der Waals surface area contributed by atoms with Crippen LogP contribution >= 0.6 is 0 Å². The molecule has 1 aromatic rings. The summed E-state index contributed by atoms with van der Waals surface area (Å²) in [5, 5.41) is 15.1. The summed E-state index contributed by atoms with van der Waals surface area (Å²) in [6, 6.07) is 3.79. The number of oxime groups is 1. The monoisotopic (exact) mass is 248 g/mol. The molecular formula is C13H20N4O. The van der Waals surface area contributed by atoms with E-state index in [4.69, 9.17) is 10.9 Å². The van der Waals surface area contributed by atoms with Crippen molar-refractivity contribution in [3.8, 4) is 0 Å². The van der Waals surface area contributed by atoms with E-state index in [-0.39, 0.29) is 5.84 Å². The Bertz CT molecular complexity index is 456. The fourth-order valence-corrected chi connectivity index (χ4v) is 2.16. The van der Waals surface area contributed by atoms with Crippen molar-refractivity contribution in [2.24, 2.45) is 22.2 Å². The molecule has 0 spiro atoms. The number of nitrogens with zero attached hydrogens (tertiary/aromatic N) is 2. The first-order valence-electron chi connectivity index (χ1n) is 6.17. The standard InChI is InChI=1S/C13H20N4O/c1-13(2)6-10(13)8-15-7-9-4-3-5-16-11(9)12(14)17-18/h3-5,10,15,18H,6-8H2,1-2H3,(H2,14,17). The van der Waals surface area contributed by atoms with E-state index >= 15 is 0 Å². The maximum Gasteiger partial charge on any atom is 0.189 e. The molecule has 1 unspecified atom stereocenters. The predicted molar refractivity (Wildman–Crippen MR) is 70.3 cm³/mol. The summed E-state index contributed by atoms with van der Waals surface area (Å²) in [6.07, 6.45) is 2.92. The average molecular weight is 248 g/mol. The van der Waals surface area contributed by atoms with Crippen LogP contribution in [0.4, 0.5) is 0 Å². The second-order valence-corrected chi connectivity index (χ2v) is 5.52. The van der Waals surface area contributed by atoms with Crippen molar-refractivity contribution in [1.29, 1.82) is 0 Å². The second kappa shape index (κ2) is 4.94. The maximum atomic E-state index is 8.71. The lowest BCUT2D eigenvalue weighted by Crippen LogP contribution is -2.23. The molecule has 1 aliphatic rings. The molecule has 5 heteroatoms. The van der Waals surface area contributed by atoms with Crippen molar-refractivity contribution in [3.63, 3.8) is 0 Å². The Morgan fingerprint density at radius 2 is 2.39 bits per heavy atom. The number of nitrogens with one attached hydrogen (secondary N) is 1. The van der Waals surface area contributed by atoms with Gasteiger partial charge in [-0.3, -0.25) is 4.98 Å². The normalized spacial score (nSPS) is 21.9. The zero-order chi connectivity index (χ0) is 13.2. The van der Waals surface area contributed by atoms with Crippen molar-refractivity contribution >= 4 is 5.84 Å². The lowest BCUT2D eigenvalue weighted by molar-refractivity contribution is 0.318. The molecule has 0 aromatic carbocycles.